The van der Waals surface area contributed by atoms with Crippen LogP contribution in [-0.2, 0) is 9.53 Å². The van der Waals surface area contributed by atoms with Crippen LogP contribution >= 0.6 is 0 Å². The highest BCUT2D eigenvalue weighted by Crippen LogP contribution is 2.25. The number of methoxy groups -OCH3 is 1. The molecule has 1 aliphatic rings. The Morgan fingerprint density at radius 1 is 1.32 bits per heavy atom. The number of anilines is 1. The standard InChI is InChI=1S/C21H27N5O2/c1-15-8-12-26(13-9-15)11-5-10-23-20-19(16(14-22)21(27)28-2)24-17-6-3-4-7-18(17)25-20/h3-4,6-7,15-16H,5,8-13H2,1-2H3,(H,23,25)/t16-/m1/s1. The third kappa shape index (κ3) is 4.76. The van der Waals surface area contributed by atoms with E-state index in [1.165, 1.54) is 20.0 Å². The Morgan fingerprint density at radius 2 is 2.00 bits per heavy atom. The summed E-state index contributed by atoms with van der Waals surface area (Å²) in [5.41, 5.74) is 1.69. The van der Waals surface area contributed by atoms with E-state index in [0.29, 0.717) is 23.6 Å². The van der Waals surface area contributed by atoms with Crippen LogP contribution in [0.3, 0.4) is 0 Å². The number of esters is 1. The Balaban J connectivity index is 1.72. The van der Waals surface area contributed by atoms with E-state index >= 15 is 0 Å². The number of nitriles is 1. The highest BCUT2D eigenvalue weighted by molar-refractivity contribution is 5.84. The molecule has 28 heavy (non-hydrogen) atoms. The molecule has 1 N–H and O–H groups in total. The van der Waals surface area contributed by atoms with Crippen molar-refractivity contribution in [1.82, 2.24) is 14.9 Å². The number of nitrogens with one attached hydrogen (secondary N) is 1. The number of ether oxygens (including phenoxy) is 1. The minimum Gasteiger partial charge on any atom is -0.468 e. The van der Waals surface area contributed by atoms with Crippen molar-refractivity contribution < 1.29 is 9.53 Å². The number of para-hydroxylation sites is 2. The lowest BCUT2D eigenvalue weighted by Crippen LogP contribution is -2.34. The molecule has 1 aromatic carbocycles. The third-order valence-electron chi connectivity index (χ3n) is 5.26. The summed E-state index contributed by atoms with van der Waals surface area (Å²) in [6, 6.07) is 9.42. The summed E-state index contributed by atoms with van der Waals surface area (Å²) >= 11 is 0. The molecule has 3 rings (SSSR count). The van der Waals surface area contributed by atoms with Gasteiger partial charge >= 0.3 is 5.97 Å². The largest absolute Gasteiger partial charge is 0.468 e. The second kappa shape index (κ2) is 9.47. The molecule has 1 fully saturated rings. The zero-order chi connectivity index (χ0) is 19.9. The third-order valence-corrected chi connectivity index (χ3v) is 5.26. The minimum atomic E-state index is -1.10. The van der Waals surface area contributed by atoms with Gasteiger partial charge in [-0.25, -0.2) is 9.97 Å². The zero-order valence-corrected chi connectivity index (χ0v) is 16.5. The van der Waals surface area contributed by atoms with Crippen molar-refractivity contribution >= 4 is 22.8 Å². The zero-order valence-electron chi connectivity index (χ0n) is 16.5. The van der Waals surface area contributed by atoms with Gasteiger partial charge in [-0.1, -0.05) is 19.1 Å². The van der Waals surface area contributed by atoms with E-state index in [4.69, 9.17) is 4.74 Å². The van der Waals surface area contributed by atoms with Gasteiger partial charge in [0.2, 0.25) is 0 Å². The first-order valence-electron chi connectivity index (χ1n) is 9.82. The van der Waals surface area contributed by atoms with Crippen molar-refractivity contribution in [2.45, 2.75) is 32.1 Å². The average Bonchev–Trinajstić information content (AvgIpc) is 2.72. The summed E-state index contributed by atoms with van der Waals surface area (Å²) in [5.74, 6) is -0.431. The molecule has 2 aromatic rings. The Bertz CT molecular complexity index is 855. The number of carbonyl (C=O) groups excluding carboxylic acids is 1. The van der Waals surface area contributed by atoms with E-state index in [0.717, 1.165) is 37.5 Å². The highest BCUT2D eigenvalue weighted by Gasteiger charge is 2.27. The van der Waals surface area contributed by atoms with Crippen LogP contribution in [0.2, 0.25) is 0 Å². The second-order valence-corrected chi connectivity index (χ2v) is 7.34. The van der Waals surface area contributed by atoms with E-state index in [9.17, 15) is 10.1 Å². The van der Waals surface area contributed by atoms with Crippen molar-refractivity contribution in [2.24, 2.45) is 5.92 Å². The van der Waals surface area contributed by atoms with Crippen LogP contribution in [0.15, 0.2) is 24.3 Å². The fourth-order valence-corrected chi connectivity index (χ4v) is 3.48. The van der Waals surface area contributed by atoms with Gasteiger partial charge in [0, 0.05) is 6.54 Å². The Labute approximate surface area is 165 Å². The number of hydrogen-bond donors (Lipinski definition) is 1. The molecule has 0 bridgehead atoms. The number of fused-ring (bicyclic) bond motifs is 1. The van der Waals surface area contributed by atoms with Crippen LogP contribution in [-0.4, -0.2) is 54.1 Å². The smallest absolute Gasteiger partial charge is 0.329 e. The number of piperidine rings is 1. The molecule has 148 valence electrons. The van der Waals surface area contributed by atoms with Gasteiger partial charge in [-0.3, -0.25) is 4.79 Å². The first-order valence-corrected chi connectivity index (χ1v) is 9.82. The summed E-state index contributed by atoms with van der Waals surface area (Å²) in [7, 11) is 1.27. The number of likely N-dealkylation sites (tertiary alicyclic amines) is 1. The lowest BCUT2D eigenvalue weighted by molar-refractivity contribution is -0.141. The molecule has 2 heterocycles. The topological polar surface area (TPSA) is 91.1 Å². The molecule has 0 amide bonds. The first-order chi connectivity index (χ1) is 13.6. The van der Waals surface area contributed by atoms with Gasteiger partial charge in [-0.05, 0) is 56.9 Å². The van der Waals surface area contributed by atoms with Crippen molar-refractivity contribution in [3.63, 3.8) is 0 Å². The van der Waals surface area contributed by atoms with Crippen LogP contribution in [0.5, 0.6) is 0 Å². The number of hydrogen-bond acceptors (Lipinski definition) is 7. The van der Waals surface area contributed by atoms with Crippen LogP contribution in [0, 0.1) is 17.2 Å². The quantitative estimate of drug-likeness (QED) is 0.582. The van der Waals surface area contributed by atoms with Crippen LogP contribution < -0.4 is 5.32 Å². The van der Waals surface area contributed by atoms with E-state index < -0.39 is 11.9 Å². The number of aromatic nitrogens is 2. The van der Waals surface area contributed by atoms with Gasteiger partial charge in [0.1, 0.15) is 5.69 Å². The first kappa shape index (κ1) is 20.0. The van der Waals surface area contributed by atoms with Gasteiger partial charge in [0.15, 0.2) is 11.7 Å². The number of carbonyl (C=O) groups is 1. The maximum absolute atomic E-state index is 12.0. The molecule has 1 aromatic heterocycles. The van der Waals surface area contributed by atoms with Crippen LogP contribution in [0.1, 0.15) is 37.8 Å². The predicted molar refractivity (Wildman–Crippen MR) is 108 cm³/mol. The van der Waals surface area contributed by atoms with Gasteiger partial charge in [-0.2, -0.15) is 5.26 Å². The summed E-state index contributed by atoms with van der Waals surface area (Å²) in [6.45, 7) is 6.34. The number of nitrogens with zero attached hydrogens (tertiary/aromatic N) is 4. The SMILES string of the molecule is COC(=O)[C@H](C#N)c1nc2ccccc2nc1NCCCN1CCC(C)CC1. The van der Waals surface area contributed by atoms with E-state index in [1.807, 2.05) is 30.3 Å². The molecule has 0 aliphatic carbocycles. The maximum atomic E-state index is 12.0. The molecular weight excluding hydrogens is 354 g/mol. The molecule has 0 unspecified atom stereocenters. The molecule has 1 aliphatic heterocycles. The fraction of sp³-hybridized carbons (Fsp3) is 0.524. The van der Waals surface area contributed by atoms with Gasteiger partial charge in [-0.15, -0.1) is 0 Å². The summed E-state index contributed by atoms with van der Waals surface area (Å²) in [6.07, 6.45) is 3.48. The maximum Gasteiger partial charge on any atom is 0.329 e. The summed E-state index contributed by atoms with van der Waals surface area (Å²) < 4.78 is 4.77. The van der Waals surface area contributed by atoms with Gasteiger partial charge < -0.3 is 15.0 Å². The fourth-order valence-electron chi connectivity index (χ4n) is 3.48. The lowest BCUT2D eigenvalue weighted by Gasteiger charge is -2.30. The van der Waals surface area contributed by atoms with Gasteiger partial charge in [0.05, 0.1) is 24.2 Å². The van der Waals surface area contributed by atoms with E-state index in [-0.39, 0.29) is 0 Å². The molecule has 1 atom stereocenters. The monoisotopic (exact) mass is 381 g/mol. The molecule has 0 saturated carbocycles. The second-order valence-electron chi connectivity index (χ2n) is 7.34. The van der Waals surface area contributed by atoms with Crippen molar-refractivity contribution in [1.29, 1.82) is 5.26 Å². The van der Waals surface area contributed by atoms with Gasteiger partial charge in [0.25, 0.3) is 0 Å². The summed E-state index contributed by atoms with van der Waals surface area (Å²) in [4.78, 5) is 23.7. The molecule has 7 heteroatoms. The summed E-state index contributed by atoms with van der Waals surface area (Å²) in [5, 5.41) is 12.8. The van der Waals surface area contributed by atoms with E-state index in [1.54, 1.807) is 0 Å². The predicted octanol–water partition coefficient (Wildman–Crippen LogP) is 2.94. The van der Waals surface area contributed by atoms with Crippen LogP contribution in [0.25, 0.3) is 11.0 Å². The molecule has 1 saturated heterocycles. The van der Waals surface area contributed by atoms with Crippen molar-refractivity contribution in [2.75, 3.05) is 38.6 Å². The van der Waals surface area contributed by atoms with Crippen molar-refractivity contribution in [3.8, 4) is 6.07 Å². The highest BCUT2D eigenvalue weighted by atomic mass is 16.5. The Kier molecular flexibility index (Phi) is 6.77. The minimum absolute atomic E-state index is 0.319. The Hall–Kier alpha value is -2.72. The Morgan fingerprint density at radius 3 is 2.64 bits per heavy atom. The average molecular weight is 381 g/mol. The van der Waals surface area contributed by atoms with Crippen molar-refractivity contribution in [3.05, 3.63) is 30.0 Å². The molecular formula is C21H27N5O2. The number of benzene rings is 1. The number of rotatable bonds is 7. The molecule has 7 nitrogen and oxygen atoms in total. The van der Waals surface area contributed by atoms with Crippen LogP contribution in [0.4, 0.5) is 5.82 Å². The molecule has 0 radical (unpaired) electrons. The lowest BCUT2D eigenvalue weighted by atomic mass is 9.99. The molecule has 0 spiro atoms. The van der Waals surface area contributed by atoms with E-state index in [2.05, 4.69) is 27.1 Å². The normalized spacial score (nSPS) is 16.5.